The van der Waals surface area contributed by atoms with Crippen LogP contribution < -0.4 is 11.2 Å². The second-order valence-electron chi connectivity index (χ2n) is 6.47. The number of carbonyl (C=O) groups is 1. The van der Waals surface area contributed by atoms with Crippen LogP contribution in [0.1, 0.15) is 29.1 Å². The standard InChI is InChI=1S/C18H18N6O3/c1-11-15-19-14(12-6-4-3-5-7-12)21-24(15)9-8-23(11)17(26)13-10-22(2)18(27)20-16(13)25/h3-7,10-11H,8-9H2,1-2H3,(H,20,25,27)/t11-/m0/s1. The molecule has 138 valence electrons. The van der Waals surface area contributed by atoms with Crippen molar-refractivity contribution in [1.29, 1.82) is 0 Å². The lowest BCUT2D eigenvalue weighted by Crippen LogP contribution is -2.44. The Bertz CT molecular complexity index is 1130. The quantitative estimate of drug-likeness (QED) is 0.713. The molecule has 4 rings (SSSR count). The van der Waals surface area contributed by atoms with Crippen LogP contribution >= 0.6 is 0 Å². The van der Waals surface area contributed by atoms with Gasteiger partial charge in [-0.25, -0.2) is 14.5 Å². The number of rotatable bonds is 2. The average molecular weight is 366 g/mol. The number of fused-ring (bicyclic) bond motifs is 1. The van der Waals surface area contributed by atoms with Gasteiger partial charge in [0.15, 0.2) is 5.82 Å². The maximum atomic E-state index is 12.9. The highest BCUT2D eigenvalue weighted by molar-refractivity contribution is 5.93. The van der Waals surface area contributed by atoms with Gasteiger partial charge in [-0.3, -0.25) is 14.6 Å². The second-order valence-corrected chi connectivity index (χ2v) is 6.47. The molecule has 9 heteroatoms. The predicted octanol–water partition coefficient (Wildman–Crippen LogP) is 0.549. The van der Waals surface area contributed by atoms with E-state index in [1.54, 1.807) is 9.58 Å². The van der Waals surface area contributed by atoms with Crippen molar-refractivity contribution < 1.29 is 4.79 Å². The highest BCUT2D eigenvalue weighted by Crippen LogP contribution is 2.27. The van der Waals surface area contributed by atoms with Gasteiger partial charge in [0.05, 0.1) is 12.6 Å². The van der Waals surface area contributed by atoms with Crippen LogP contribution in [0.25, 0.3) is 11.4 Å². The topological polar surface area (TPSA) is 106 Å². The molecule has 9 nitrogen and oxygen atoms in total. The van der Waals surface area contributed by atoms with E-state index in [2.05, 4.69) is 15.1 Å². The van der Waals surface area contributed by atoms with Gasteiger partial charge in [0, 0.05) is 25.4 Å². The third-order valence-electron chi connectivity index (χ3n) is 4.73. The number of aromatic nitrogens is 5. The van der Waals surface area contributed by atoms with Crippen molar-refractivity contribution >= 4 is 5.91 Å². The first-order valence-corrected chi connectivity index (χ1v) is 8.57. The van der Waals surface area contributed by atoms with Crippen LogP contribution in [-0.2, 0) is 13.6 Å². The first-order valence-electron chi connectivity index (χ1n) is 8.57. The minimum absolute atomic E-state index is 0.0693. The van der Waals surface area contributed by atoms with E-state index in [4.69, 9.17) is 0 Å². The average Bonchev–Trinajstić information content (AvgIpc) is 3.10. The zero-order chi connectivity index (χ0) is 19.1. The number of hydrogen-bond donors (Lipinski definition) is 1. The van der Waals surface area contributed by atoms with Gasteiger partial charge in [-0.05, 0) is 6.92 Å². The van der Waals surface area contributed by atoms with Crippen LogP contribution in [0.2, 0.25) is 0 Å². The lowest BCUT2D eigenvalue weighted by Gasteiger charge is -2.32. The van der Waals surface area contributed by atoms with E-state index in [0.717, 1.165) is 5.56 Å². The van der Waals surface area contributed by atoms with E-state index >= 15 is 0 Å². The molecule has 1 aromatic carbocycles. The highest BCUT2D eigenvalue weighted by Gasteiger charge is 2.32. The van der Waals surface area contributed by atoms with Gasteiger partial charge in [0.1, 0.15) is 11.4 Å². The van der Waals surface area contributed by atoms with Gasteiger partial charge in [0.25, 0.3) is 11.5 Å². The predicted molar refractivity (Wildman–Crippen MR) is 97.2 cm³/mol. The van der Waals surface area contributed by atoms with Crippen LogP contribution in [0, 0.1) is 0 Å². The molecule has 0 aliphatic carbocycles. The number of nitrogens with zero attached hydrogens (tertiary/aromatic N) is 5. The summed E-state index contributed by atoms with van der Waals surface area (Å²) >= 11 is 0. The molecule has 1 amide bonds. The van der Waals surface area contributed by atoms with Crippen LogP contribution in [0.3, 0.4) is 0 Å². The van der Waals surface area contributed by atoms with E-state index < -0.39 is 17.2 Å². The number of aryl methyl sites for hydroxylation is 1. The van der Waals surface area contributed by atoms with Crippen molar-refractivity contribution in [2.24, 2.45) is 7.05 Å². The Morgan fingerprint density at radius 1 is 1.19 bits per heavy atom. The fraction of sp³-hybridized carbons (Fsp3) is 0.278. The summed E-state index contributed by atoms with van der Waals surface area (Å²) in [6, 6.07) is 9.26. The van der Waals surface area contributed by atoms with Gasteiger partial charge in [-0.1, -0.05) is 30.3 Å². The molecule has 0 saturated carbocycles. The molecule has 0 fully saturated rings. The zero-order valence-electron chi connectivity index (χ0n) is 14.9. The van der Waals surface area contributed by atoms with Gasteiger partial charge < -0.3 is 9.47 Å². The van der Waals surface area contributed by atoms with E-state index in [-0.39, 0.29) is 11.6 Å². The SMILES string of the molecule is C[C@H]1c2nc(-c3ccccc3)nn2CCN1C(=O)c1cn(C)c(=O)[nH]c1=O. The fourth-order valence-corrected chi connectivity index (χ4v) is 3.22. The van der Waals surface area contributed by atoms with Crippen LogP contribution in [0.15, 0.2) is 46.1 Å². The van der Waals surface area contributed by atoms with Crippen molar-refractivity contribution in [3.8, 4) is 11.4 Å². The summed E-state index contributed by atoms with van der Waals surface area (Å²) in [5, 5.41) is 4.54. The lowest BCUT2D eigenvalue weighted by molar-refractivity contribution is 0.0627. The van der Waals surface area contributed by atoms with Crippen LogP contribution in [-0.4, -0.2) is 41.7 Å². The Balaban J connectivity index is 1.68. The van der Waals surface area contributed by atoms with Gasteiger partial charge >= 0.3 is 5.69 Å². The van der Waals surface area contributed by atoms with E-state index in [0.29, 0.717) is 24.7 Å². The van der Waals surface area contributed by atoms with E-state index in [1.165, 1.54) is 17.8 Å². The lowest BCUT2D eigenvalue weighted by atomic mass is 10.1. The third kappa shape index (κ3) is 2.86. The summed E-state index contributed by atoms with van der Waals surface area (Å²) in [5.41, 5.74) is -0.415. The van der Waals surface area contributed by atoms with E-state index in [1.807, 2.05) is 37.3 Å². The highest BCUT2D eigenvalue weighted by atomic mass is 16.2. The molecule has 1 aliphatic rings. The molecule has 0 bridgehead atoms. The number of nitrogens with one attached hydrogen (secondary N) is 1. The summed E-state index contributed by atoms with van der Waals surface area (Å²) in [6.07, 6.45) is 1.27. The van der Waals surface area contributed by atoms with E-state index in [9.17, 15) is 14.4 Å². The zero-order valence-corrected chi connectivity index (χ0v) is 14.9. The number of hydrogen-bond acceptors (Lipinski definition) is 5. The molecule has 1 N–H and O–H groups in total. The minimum Gasteiger partial charge on any atom is -0.327 e. The number of amides is 1. The fourth-order valence-electron chi connectivity index (χ4n) is 3.22. The monoisotopic (exact) mass is 366 g/mol. The molecular weight excluding hydrogens is 348 g/mol. The molecule has 2 aromatic heterocycles. The second kappa shape index (κ2) is 6.35. The summed E-state index contributed by atoms with van der Waals surface area (Å²) in [7, 11) is 1.48. The molecule has 0 radical (unpaired) electrons. The first kappa shape index (κ1) is 17.0. The Kier molecular flexibility index (Phi) is 3.98. The van der Waals surface area contributed by atoms with Crippen molar-refractivity contribution in [2.75, 3.05) is 6.54 Å². The van der Waals surface area contributed by atoms with Gasteiger partial charge in [-0.2, -0.15) is 5.10 Å². The molecule has 1 atom stereocenters. The Morgan fingerprint density at radius 3 is 2.67 bits per heavy atom. The molecule has 1 aliphatic heterocycles. The van der Waals surface area contributed by atoms with Crippen molar-refractivity contribution in [3.05, 3.63) is 68.8 Å². The summed E-state index contributed by atoms with van der Waals surface area (Å²) in [4.78, 5) is 44.8. The molecule has 27 heavy (non-hydrogen) atoms. The first-order chi connectivity index (χ1) is 13.0. The normalized spacial score (nSPS) is 16.2. The van der Waals surface area contributed by atoms with Gasteiger partial charge in [0.2, 0.25) is 0 Å². The number of aromatic amines is 1. The van der Waals surface area contributed by atoms with Crippen molar-refractivity contribution in [2.45, 2.75) is 19.5 Å². The summed E-state index contributed by atoms with van der Waals surface area (Å²) < 4.78 is 2.97. The summed E-state index contributed by atoms with van der Waals surface area (Å²) in [5.74, 6) is 0.830. The Labute approximate surface area is 153 Å². The number of H-pyrrole nitrogens is 1. The molecule has 0 spiro atoms. The third-order valence-corrected chi connectivity index (χ3v) is 4.73. The molecular formula is C18H18N6O3. The maximum absolute atomic E-state index is 12.9. The van der Waals surface area contributed by atoms with Crippen molar-refractivity contribution in [1.82, 2.24) is 29.2 Å². The summed E-state index contributed by atoms with van der Waals surface area (Å²) in [6.45, 7) is 2.73. The van der Waals surface area contributed by atoms with Crippen LogP contribution in [0.4, 0.5) is 0 Å². The smallest absolute Gasteiger partial charge is 0.327 e. The maximum Gasteiger partial charge on any atom is 0.328 e. The molecule has 3 heterocycles. The molecule has 3 aromatic rings. The Morgan fingerprint density at radius 2 is 1.93 bits per heavy atom. The largest absolute Gasteiger partial charge is 0.328 e. The molecule has 0 saturated heterocycles. The van der Waals surface area contributed by atoms with Gasteiger partial charge in [-0.15, -0.1) is 0 Å². The Hall–Kier alpha value is -3.49. The number of carbonyl (C=O) groups excluding carboxylic acids is 1. The van der Waals surface area contributed by atoms with Crippen molar-refractivity contribution in [3.63, 3.8) is 0 Å². The van der Waals surface area contributed by atoms with Crippen LogP contribution in [0.5, 0.6) is 0 Å². The molecule has 0 unspecified atom stereocenters. The minimum atomic E-state index is -0.688. The number of benzene rings is 1.